The van der Waals surface area contributed by atoms with E-state index in [0.29, 0.717) is 11.7 Å². The second kappa shape index (κ2) is 7.38. The lowest BCUT2D eigenvalue weighted by Gasteiger charge is -2.13. The highest BCUT2D eigenvalue weighted by Gasteiger charge is 2.20. The van der Waals surface area contributed by atoms with Crippen LogP contribution in [0.25, 0.3) is 0 Å². The Balaban J connectivity index is 1.34. The fraction of sp³-hybridized carbons (Fsp3) is 0.333. The molecule has 2 aromatic heterocycles. The maximum atomic E-state index is 5.96. The van der Waals surface area contributed by atoms with Gasteiger partial charge in [-0.3, -0.25) is 4.68 Å². The molecule has 1 unspecified atom stereocenters. The number of nitrogens with zero attached hydrogens (tertiary/aromatic N) is 3. The minimum Gasteiger partial charge on any atom is -0.384 e. The lowest BCUT2D eigenvalue weighted by atomic mass is 9.94. The van der Waals surface area contributed by atoms with Crippen molar-refractivity contribution in [3.8, 4) is 0 Å². The van der Waals surface area contributed by atoms with Gasteiger partial charge >= 0.3 is 0 Å². The van der Waals surface area contributed by atoms with E-state index in [2.05, 4.69) is 57.6 Å². The number of aryl methyl sites for hydroxylation is 1. The molecule has 4 heterocycles. The second-order valence-electron chi connectivity index (χ2n) is 7.96. The number of nitrogen functional groups attached to an aromatic ring is 3. The molecule has 2 aliphatic rings. The average molecular weight is 392 g/mol. The van der Waals surface area contributed by atoms with Crippen LogP contribution < -0.4 is 27.4 Å². The molecule has 1 aromatic carbocycles. The van der Waals surface area contributed by atoms with Gasteiger partial charge in [-0.2, -0.15) is 10.5 Å². The van der Waals surface area contributed by atoms with Crippen LogP contribution in [0, 0.1) is 6.92 Å². The molecule has 0 saturated carbocycles. The summed E-state index contributed by atoms with van der Waals surface area (Å²) in [5.74, 6) is 1.92. The highest BCUT2D eigenvalue weighted by atomic mass is 15.6. The minimum absolute atomic E-state index is 0.518. The third kappa shape index (κ3) is 3.64. The lowest BCUT2D eigenvalue weighted by molar-refractivity contribution is -0.588. The molecule has 1 saturated heterocycles. The number of hydrogen-bond donors (Lipinski definition) is 5. The summed E-state index contributed by atoms with van der Waals surface area (Å²) in [6.07, 6.45) is 6.03. The number of aromatic nitrogens is 3. The first-order valence-corrected chi connectivity index (χ1v) is 10.1. The molecular weight excluding hydrogens is 364 g/mol. The summed E-state index contributed by atoms with van der Waals surface area (Å²) in [6, 6.07) is 8.80. The monoisotopic (exact) mass is 391 g/mol. The molecule has 8 heteroatoms. The van der Waals surface area contributed by atoms with Crippen molar-refractivity contribution in [1.29, 1.82) is 0 Å². The van der Waals surface area contributed by atoms with Crippen LogP contribution in [0.15, 0.2) is 36.7 Å². The predicted octanol–water partition coefficient (Wildman–Crippen LogP) is 1.12. The van der Waals surface area contributed by atoms with Crippen molar-refractivity contribution in [3.63, 3.8) is 0 Å². The standard InChI is InChI=1S/C21H26N8/c1-13-2-3-15(16-4-5-23-10-16)7-18(13)12-29-11-14(9-24-29)6-17-8-19(22)25-21-20(17)26-28-27-21/h2-3,7-9,11,16,23,26,28H,4-6,10,12H2,1H3,(H3,22,25,27)/p+1. The van der Waals surface area contributed by atoms with E-state index in [9.17, 15) is 0 Å². The third-order valence-electron chi connectivity index (χ3n) is 5.86. The number of rotatable bonds is 5. The number of fused-ring (bicyclic) bond motifs is 1. The molecule has 0 amide bonds. The molecule has 7 N–H and O–H groups in total. The van der Waals surface area contributed by atoms with Crippen molar-refractivity contribution < 1.29 is 5.53 Å². The number of quaternary nitrogens is 1. The zero-order valence-corrected chi connectivity index (χ0v) is 16.6. The van der Waals surface area contributed by atoms with Crippen LogP contribution in [0.1, 0.15) is 40.2 Å². The van der Waals surface area contributed by atoms with Gasteiger partial charge in [-0.05, 0) is 59.7 Å². The molecule has 150 valence electrons. The first-order valence-electron chi connectivity index (χ1n) is 10.1. The molecule has 0 radical (unpaired) electrons. The Kier molecular flexibility index (Phi) is 4.57. The topological polar surface area (TPSA) is 109 Å². The van der Waals surface area contributed by atoms with Gasteiger partial charge in [0.1, 0.15) is 11.5 Å². The van der Waals surface area contributed by atoms with Crippen LogP contribution in [-0.4, -0.2) is 27.9 Å². The summed E-state index contributed by atoms with van der Waals surface area (Å²) >= 11 is 0. The van der Waals surface area contributed by atoms with E-state index < -0.39 is 0 Å². The fourth-order valence-electron chi connectivity index (χ4n) is 4.24. The molecular formula is C21H27N8+. The molecule has 1 atom stereocenters. The van der Waals surface area contributed by atoms with Gasteiger partial charge in [0.15, 0.2) is 0 Å². The highest BCUT2D eigenvalue weighted by molar-refractivity contribution is 5.71. The highest BCUT2D eigenvalue weighted by Crippen LogP contribution is 2.28. The normalized spacial score (nSPS) is 17.8. The van der Waals surface area contributed by atoms with Crippen LogP contribution in [-0.2, 0) is 13.0 Å². The number of pyridine rings is 1. The largest absolute Gasteiger partial charge is 0.384 e. The molecule has 29 heavy (non-hydrogen) atoms. The first kappa shape index (κ1) is 18.0. The summed E-state index contributed by atoms with van der Waals surface area (Å²) in [5, 5.41) is 8.07. The number of benzene rings is 1. The number of nitrogens with two attached hydrogens (primary N) is 2. The quantitative estimate of drug-likeness (QED) is 0.417. The fourth-order valence-corrected chi connectivity index (χ4v) is 4.24. The van der Waals surface area contributed by atoms with Gasteiger partial charge < -0.3 is 11.1 Å². The van der Waals surface area contributed by atoms with Crippen LogP contribution >= 0.6 is 0 Å². The van der Waals surface area contributed by atoms with Crippen LogP contribution in [0.5, 0.6) is 0 Å². The predicted molar refractivity (Wildman–Crippen MR) is 113 cm³/mol. The van der Waals surface area contributed by atoms with Crippen molar-refractivity contribution in [2.45, 2.75) is 32.2 Å². The third-order valence-corrected chi connectivity index (χ3v) is 5.86. The Morgan fingerprint density at radius 3 is 3.03 bits per heavy atom. The first-order chi connectivity index (χ1) is 14.2. The van der Waals surface area contributed by atoms with Crippen molar-refractivity contribution in [2.75, 3.05) is 29.7 Å². The van der Waals surface area contributed by atoms with Gasteiger partial charge in [-0.25, -0.2) is 10.4 Å². The van der Waals surface area contributed by atoms with E-state index in [-0.39, 0.29) is 0 Å². The Bertz CT molecular complexity index is 1040. The van der Waals surface area contributed by atoms with Gasteiger partial charge in [0.25, 0.3) is 0 Å². The van der Waals surface area contributed by atoms with Crippen LogP contribution in [0.4, 0.5) is 17.3 Å². The molecule has 8 nitrogen and oxygen atoms in total. The maximum Gasteiger partial charge on any atom is 0.207 e. The average Bonchev–Trinajstić information content (AvgIpc) is 3.45. The maximum absolute atomic E-state index is 5.96. The Morgan fingerprint density at radius 2 is 2.17 bits per heavy atom. The van der Waals surface area contributed by atoms with E-state index in [1.165, 1.54) is 23.1 Å². The van der Waals surface area contributed by atoms with Crippen molar-refractivity contribution in [1.82, 2.24) is 20.1 Å². The zero-order chi connectivity index (χ0) is 19.8. The molecule has 5 rings (SSSR count). The summed E-state index contributed by atoms with van der Waals surface area (Å²) in [5.41, 5.74) is 21.4. The van der Waals surface area contributed by atoms with Gasteiger partial charge in [0.2, 0.25) is 5.82 Å². The molecule has 1 fully saturated rings. The van der Waals surface area contributed by atoms with Gasteiger partial charge in [-0.1, -0.05) is 18.2 Å². The van der Waals surface area contributed by atoms with Gasteiger partial charge in [-0.15, -0.1) is 5.53 Å². The van der Waals surface area contributed by atoms with Crippen molar-refractivity contribution >= 4 is 17.3 Å². The number of hydrogen-bond acceptors (Lipinski definition) is 6. The molecule has 3 aromatic rings. The van der Waals surface area contributed by atoms with Gasteiger partial charge in [0, 0.05) is 19.2 Å². The smallest absolute Gasteiger partial charge is 0.207 e. The minimum atomic E-state index is 0.518. The van der Waals surface area contributed by atoms with Crippen molar-refractivity contribution in [2.24, 2.45) is 0 Å². The summed E-state index contributed by atoms with van der Waals surface area (Å²) < 4.78 is 2.02. The lowest BCUT2D eigenvalue weighted by Crippen LogP contribution is -2.89. The Morgan fingerprint density at radius 1 is 1.24 bits per heavy atom. The molecule has 0 aliphatic carbocycles. The Hall–Kier alpha value is -3.10. The SMILES string of the molecule is Cc1ccc(C2CCNC2)cc1Cn1cc(Cc2cc(N)nc3c2N[NH2+]N3)cn1. The summed E-state index contributed by atoms with van der Waals surface area (Å²) in [7, 11) is 0. The molecule has 0 bridgehead atoms. The van der Waals surface area contributed by atoms with Crippen LogP contribution in [0.2, 0.25) is 0 Å². The van der Waals surface area contributed by atoms with E-state index in [1.54, 1.807) is 5.53 Å². The van der Waals surface area contributed by atoms with E-state index in [1.807, 2.05) is 16.9 Å². The van der Waals surface area contributed by atoms with E-state index in [0.717, 1.165) is 48.7 Å². The van der Waals surface area contributed by atoms with E-state index in [4.69, 9.17) is 5.73 Å². The second-order valence-corrected chi connectivity index (χ2v) is 7.96. The van der Waals surface area contributed by atoms with Gasteiger partial charge in [0.05, 0.1) is 12.7 Å². The number of anilines is 3. The van der Waals surface area contributed by atoms with Crippen molar-refractivity contribution in [3.05, 3.63) is 64.5 Å². The zero-order valence-electron chi connectivity index (χ0n) is 16.6. The van der Waals surface area contributed by atoms with Crippen LogP contribution in [0.3, 0.4) is 0 Å². The van der Waals surface area contributed by atoms with E-state index >= 15 is 0 Å². The summed E-state index contributed by atoms with van der Waals surface area (Å²) in [6.45, 7) is 5.15. The molecule has 0 spiro atoms. The Labute approximate surface area is 169 Å². The number of nitrogens with one attached hydrogen (secondary N) is 3. The molecule has 2 aliphatic heterocycles. The summed E-state index contributed by atoms with van der Waals surface area (Å²) in [4.78, 5) is 4.32.